The van der Waals surface area contributed by atoms with E-state index in [0.29, 0.717) is 17.8 Å². The van der Waals surface area contributed by atoms with Crippen LogP contribution >= 0.6 is 0 Å². The fourth-order valence-electron chi connectivity index (χ4n) is 1.33. The van der Waals surface area contributed by atoms with E-state index < -0.39 is 17.8 Å². The minimum Gasteiger partial charge on any atom is -0.481 e. The summed E-state index contributed by atoms with van der Waals surface area (Å²) in [6.07, 6.45) is 0. The van der Waals surface area contributed by atoms with Crippen molar-refractivity contribution in [2.24, 2.45) is 5.92 Å². The maximum Gasteiger partial charge on any atom is 0.315 e. The van der Waals surface area contributed by atoms with Crippen LogP contribution in [-0.2, 0) is 9.59 Å². The molecule has 0 aliphatic rings. The summed E-state index contributed by atoms with van der Waals surface area (Å²) in [7, 11) is 0. The number of anilines is 1. The molecule has 102 valence electrons. The van der Waals surface area contributed by atoms with E-state index in [1.165, 1.54) is 6.92 Å². The Balaban J connectivity index is 2.69. The Morgan fingerprint density at radius 3 is 2.26 bits per heavy atom. The van der Waals surface area contributed by atoms with E-state index in [2.05, 4.69) is 10.6 Å². The minimum atomic E-state index is -1.18. The van der Waals surface area contributed by atoms with E-state index in [4.69, 9.17) is 5.11 Å². The number of hydrogen-bond donors (Lipinski definition) is 3. The average Bonchev–Trinajstić information content (AvgIpc) is 2.38. The number of carboxylic acids is 1. The Morgan fingerprint density at radius 1 is 1.21 bits per heavy atom. The molecule has 1 atom stereocenters. The third-order valence-corrected chi connectivity index (χ3v) is 2.52. The highest BCUT2D eigenvalue weighted by Gasteiger charge is 2.20. The second-order valence-electron chi connectivity index (χ2n) is 3.99. The Hall–Kier alpha value is -2.37. The molecule has 1 rings (SSSR count). The van der Waals surface area contributed by atoms with Crippen LogP contribution in [-0.4, -0.2) is 29.4 Å². The fraction of sp³-hybridized carbons (Fsp3) is 0.308. The van der Waals surface area contributed by atoms with Gasteiger partial charge >= 0.3 is 5.97 Å². The molecule has 6 heteroatoms. The van der Waals surface area contributed by atoms with Crippen molar-refractivity contribution in [3.05, 3.63) is 29.8 Å². The molecule has 0 saturated heterocycles. The van der Waals surface area contributed by atoms with E-state index >= 15 is 0 Å². The largest absolute Gasteiger partial charge is 0.481 e. The maximum atomic E-state index is 11.5. The second kappa shape index (κ2) is 6.53. The van der Waals surface area contributed by atoms with E-state index in [0.717, 1.165) is 0 Å². The predicted molar refractivity (Wildman–Crippen MR) is 69.9 cm³/mol. The van der Waals surface area contributed by atoms with E-state index in [-0.39, 0.29) is 5.91 Å². The summed E-state index contributed by atoms with van der Waals surface area (Å²) in [6.45, 7) is 3.66. The first kappa shape index (κ1) is 14.7. The van der Waals surface area contributed by atoms with Crippen LogP contribution in [0.1, 0.15) is 24.2 Å². The topological polar surface area (TPSA) is 95.5 Å². The average molecular weight is 264 g/mol. The molecule has 0 saturated carbocycles. The van der Waals surface area contributed by atoms with E-state index in [1.54, 1.807) is 24.3 Å². The van der Waals surface area contributed by atoms with Gasteiger partial charge in [-0.3, -0.25) is 14.4 Å². The van der Waals surface area contributed by atoms with Gasteiger partial charge in [0, 0.05) is 17.8 Å². The summed E-state index contributed by atoms with van der Waals surface area (Å²) < 4.78 is 0. The lowest BCUT2D eigenvalue weighted by molar-refractivity contribution is -0.144. The van der Waals surface area contributed by atoms with Crippen LogP contribution in [0.4, 0.5) is 5.69 Å². The zero-order valence-electron chi connectivity index (χ0n) is 10.8. The third kappa shape index (κ3) is 4.09. The molecule has 0 radical (unpaired) electrons. The van der Waals surface area contributed by atoms with Crippen molar-refractivity contribution in [1.82, 2.24) is 5.32 Å². The van der Waals surface area contributed by atoms with Crippen LogP contribution < -0.4 is 10.6 Å². The molecule has 0 spiro atoms. The Morgan fingerprint density at radius 2 is 1.79 bits per heavy atom. The number of benzene rings is 1. The molecule has 0 bridgehead atoms. The number of aliphatic carboxylic acids is 1. The predicted octanol–water partition coefficient (Wildman–Crippen LogP) is 1.10. The summed E-state index contributed by atoms with van der Waals surface area (Å²) in [5, 5.41) is 13.8. The third-order valence-electron chi connectivity index (χ3n) is 2.52. The first-order valence-electron chi connectivity index (χ1n) is 5.87. The van der Waals surface area contributed by atoms with Gasteiger partial charge in [-0.05, 0) is 38.1 Å². The number of rotatable bonds is 5. The normalized spacial score (nSPS) is 11.5. The van der Waals surface area contributed by atoms with Crippen molar-refractivity contribution in [3.63, 3.8) is 0 Å². The number of hydrogen-bond acceptors (Lipinski definition) is 3. The summed E-state index contributed by atoms with van der Waals surface area (Å²) in [5.41, 5.74) is 0.928. The van der Waals surface area contributed by atoms with Crippen molar-refractivity contribution in [1.29, 1.82) is 0 Å². The van der Waals surface area contributed by atoms with Crippen LogP contribution in [0.2, 0.25) is 0 Å². The standard InChI is InChI=1S/C13H16N2O4/c1-3-14-12(17)9-4-6-10(7-5-9)15-11(16)8(2)13(18)19/h4-8H,3H2,1-2H3,(H,14,17)(H,15,16)(H,18,19). The zero-order valence-corrected chi connectivity index (χ0v) is 10.8. The van der Waals surface area contributed by atoms with Gasteiger partial charge in [0.15, 0.2) is 0 Å². The van der Waals surface area contributed by atoms with Gasteiger partial charge in [0.2, 0.25) is 5.91 Å². The van der Waals surface area contributed by atoms with Crippen LogP contribution in [0.5, 0.6) is 0 Å². The summed E-state index contributed by atoms with van der Waals surface area (Å²) in [5.74, 6) is -3.10. The van der Waals surface area contributed by atoms with Gasteiger partial charge in [0.25, 0.3) is 5.91 Å². The Bertz CT molecular complexity index is 482. The highest BCUT2D eigenvalue weighted by atomic mass is 16.4. The molecule has 2 amide bonds. The zero-order chi connectivity index (χ0) is 14.4. The summed E-state index contributed by atoms with van der Waals surface area (Å²) in [6, 6.07) is 6.23. The van der Waals surface area contributed by atoms with Gasteiger partial charge in [0.05, 0.1) is 0 Å². The molecule has 1 aromatic carbocycles. The first-order valence-corrected chi connectivity index (χ1v) is 5.87. The van der Waals surface area contributed by atoms with Crippen molar-refractivity contribution >= 4 is 23.5 Å². The van der Waals surface area contributed by atoms with E-state index in [1.807, 2.05) is 6.92 Å². The van der Waals surface area contributed by atoms with E-state index in [9.17, 15) is 14.4 Å². The smallest absolute Gasteiger partial charge is 0.315 e. The van der Waals surface area contributed by atoms with Crippen LogP contribution in [0.25, 0.3) is 0 Å². The SMILES string of the molecule is CCNC(=O)c1ccc(NC(=O)C(C)C(=O)O)cc1. The molecule has 1 unspecified atom stereocenters. The second-order valence-corrected chi connectivity index (χ2v) is 3.99. The van der Waals surface area contributed by atoms with Crippen LogP contribution in [0.15, 0.2) is 24.3 Å². The lowest BCUT2D eigenvalue weighted by atomic mass is 10.1. The molecule has 1 aromatic rings. The monoisotopic (exact) mass is 264 g/mol. The lowest BCUT2D eigenvalue weighted by Crippen LogP contribution is -2.27. The highest BCUT2D eigenvalue weighted by molar-refractivity contribution is 6.04. The van der Waals surface area contributed by atoms with Gasteiger partial charge in [-0.25, -0.2) is 0 Å². The maximum absolute atomic E-state index is 11.5. The number of amides is 2. The Labute approximate surface area is 110 Å². The van der Waals surface area contributed by atoms with Crippen LogP contribution in [0, 0.1) is 5.92 Å². The van der Waals surface area contributed by atoms with Crippen molar-refractivity contribution in [3.8, 4) is 0 Å². The number of carbonyl (C=O) groups is 3. The fourth-order valence-corrected chi connectivity index (χ4v) is 1.33. The Kier molecular flexibility index (Phi) is 5.05. The lowest BCUT2D eigenvalue weighted by Gasteiger charge is -2.09. The van der Waals surface area contributed by atoms with Gasteiger partial charge in [0.1, 0.15) is 5.92 Å². The highest BCUT2D eigenvalue weighted by Crippen LogP contribution is 2.11. The number of nitrogens with one attached hydrogen (secondary N) is 2. The summed E-state index contributed by atoms with van der Waals surface area (Å²) in [4.78, 5) is 33.6. The molecule has 0 aliphatic heterocycles. The van der Waals surface area contributed by atoms with Gasteiger partial charge < -0.3 is 15.7 Å². The first-order chi connectivity index (χ1) is 8.95. The van der Waals surface area contributed by atoms with Crippen molar-refractivity contribution in [2.45, 2.75) is 13.8 Å². The quantitative estimate of drug-likeness (QED) is 0.694. The number of carboxylic acid groups (broad SMARTS) is 1. The molecule has 19 heavy (non-hydrogen) atoms. The van der Waals surface area contributed by atoms with Gasteiger partial charge in [-0.2, -0.15) is 0 Å². The van der Waals surface area contributed by atoms with Gasteiger partial charge in [-0.15, -0.1) is 0 Å². The summed E-state index contributed by atoms with van der Waals surface area (Å²) >= 11 is 0. The van der Waals surface area contributed by atoms with Crippen molar-refractivity contribution < 1.29 is 19.5 Å². The molecule has 0 fully saturated rings. The molecule has 0 aliphatic carbocycles. The minimum absolute atomic E-state index is 0.195. The molecular formula is C13H16N2O4. The molecule has 0 aromatic heterocycles. The van der Waals surface area contributed by atoms with Crippen molar-refractivity contribution in [2.75, 3.05) is 11.9 Å². The molecule has 0 heterocycles. The molecular weight excluding hydrogens is 248 g/mol. The van der Waals surface area contributed by atoms with Crippen LogP contribution in [0.3, 0.4) is 0 Å². The van der Waals surface area contributed by atoms with Gasteiger partial charge in [-0.1, -0.05) is 0 Å². The number of carbonyl (C=O) groups excluding carboxylic acids is 2. The molecule has 6 nitrogen and oxygen atoms in total. The molecule has 3 N–H and O–H groups in total.